The van der Waals surface area contributed by atoms with Gasteiger partial charge >= 0.3 is 0 Å². The van der Waals surface area contributed by atoms with E-state index in [1.165, 1.54) is 15.7 Å². The number of amidine groups is 1. The Kier molecular flexibility index (Phi) is 6.70. The summed E-state index contributed by atoms with van der Waals surface area (Å²) in [5, 5.41) is 7.23. The molecule has 1 rings (SSSR count). The normalized spacial score (nSPS) is 17.8. The molecule has 7 nitrogen and oxygen atoms in total. The molecule has 8 heteroatoms. The summed E-state index contributed by atoms with van der Waals surface area (Å²) in [6.07, 6.45) is 3.14. The highest BCUT2D eigenvalue weighted by Gasteiger charge is 2.30. The summed E-state index contributed by atoms with van der Waals surface area (Å²) in [4.78, 5) is 0. The maximum Gasteiger partial charge on any atom is 0.282 e. The van der Waals surface area contributed by atoms with Crippen molar-refractivity contribution in [1.29, 1.82) is 5.41 Å². The quantitative estimate of drug-likeness (QED) is 0.485. The minimum absolute atomic E-state index is 0.00346. The van der Waals surface area contributed by atoms with E-state index in [0.29, 0.717) is 26.2 Å². The van der Waals surface area contributed by atoms with E-state index in [9.17, 15) is 8.42 Å². The molecule has 3 N–H and O–H groups in total. The second-order valence-electron chi connectivity index (χ2n) is 4.63. The highest BCUT2D eigenvalue weighted by atomic mass is 32.2. The van der Waals surface area contributed by atoms with Crippen LogP contribution in [0.5, 0.6) is 0 Å². The van der Waals surface area contributed by atoms with E-state index < -0.39 is 10.2 Å². The molecule has 1 heterocycles. The predicted molar refractivity (Wildman–Crippen MR) is 74.3 cm³/mol. The smallest absolute Gasteiger partial charge is 0.282 e. The molecule has 0 atom stereocenters. The van der Waals surface area contributed by atoms with Crippen molar-refractivity contribution in [3.63, 3.8) is 0 Å². The maximum absolute atomic E-state index is 12.5. The lowest BCUT2D eigenvalue weighted by Gasteiger charge is -2.32. The number of nitrogens with zero attached hydrogens (tertiary/aromatic N) is 2. The van der Waals surface area contributed by atoms with Gasteiger partial charge in [0.05, 0.1) is 12.4 Å². The molecule has 0 amide bonds. The molecular formula is C11H24N4O3S. The molecule has 0 aromatic heterocycles. The van der Waals surface area contributed by atoms with Gasteiger partial charge in [-0.1, -0.05) is 6.42 Å². The van der Waals surface area contributed by atoms with Gasteiger partial charge in [0.25, 0.3) is 10.2 Å². The summed E-state index contributed by atoms with van der Waals surface area (Å²) in [7, 11) is -1.92. The van der Waals surface area contributed by atoms with Gasteiger partial charge in [0.15, 0.2) is 0 Å². The Labute approximate surface area is 115 Å². The Morgan fingerprint density at radius 2 is 1.95 bits per heavy atom. The number of methoxy groups -OCH3 is 1. The highest BCUT2D eigenvalue weighted by molar-refractivity contribution is 7.86. The second kappa shape index (κ2) is 7.78. The lowest BCUT2D eigenvalue weighted by molar-refractivity contribution is 0.175. The van der Waals surface area contributed by atoms with Crippen LogP contribution in [0.4, 0.5) is 0 Å². The van der Waals surface area contributed by atoms with Crippen LogP contribution in [0.2, 0.25) is 0 Å². The molecule has 1 saturated heterocycles. The number of piperidine rings is 1. The van der Waals surface area contributed by atoms with E-state index in [1.54, 1.807) is 0 Å². The van der Waals surface area contributed by atoms with Gasteiger partial charge in [-0.05, 0) is 12.8 Å². The van der Waals surface area contributed by atoms with Gasteiger partial charge in [0.2, 0.25) is 0 Å². The van der Waals surface area contributed by atoms with Crippen molar-refractivity contribution in [2.24, 2.45) is 5.73 Å². The third-order valence-corrected chi connectivity index (χ3v) is 5.18. The molecule has 0 aromatic carbocycles. The van der Waals surface area contributed by atoms with Crippen molar-refractivity contribution in [3.05, 3.63) is 0 Å². The van der Waals surface area contributed by atoms with E-state index in [2.05, 4.69) is 0 Å². The Hall–Kier alpha value is -0.700. The fraction of sp³-hybridized carbons (Fsp3) is 0.909. The molecule has 0 radical (unpaired) electrons. The molecular weight excluding hydrogens is 268 g/mol. The second-order valence-corrected chi connectivity index (χ2v) is 6.56. The summed E-state index contributed by atoms with van der Waals surface area (Å²) in [6.45, 7) is 2.02. The Balaban J connectivity index is 2.71. The minimum atomic E-state index is -3.46. The van der Waals surface area contributed by atoms with E-state index in [0.717, 1.165) is 19.3 Å². The van der Waals surface area contributed by atoms with Crippen molar-refractivity contribution in [3.8, 4) is 0 Å². The lowest BCUT2D eigenvalue weighted by atomic mass is 10.2. The number of nitrogens with one attached hydrogen (secondary N) is 1. The molecule has 112 valence electrons. The summed E-state index contributed by atoms with van der Waals surface area (Å²) < 4.78 is 32.8. The minimum Gasteiger partial charge on any atom is -0.388 e. The number of hydrogen-bond acceptors (Lipinski definition) is 4. The fourth-order valence-electron chi connectivity index (χ4n) is 2.04. The molecule has 19 heavy (non-hydrogen) atoms. The maximum atomic E-state index is 12.5. The Morgan fingerprint density at radius 1 is 1.32 bits per heavy atom. The monoisotopic (exact) mass is 292 g/mol. The molecule has 1 aliphatic heterocycles. The van der Waals surface area contributed by atoms with Crippen molar-refractivity contribution in [2.75, 3.05) is 39.9 Å². The zero-order valence-corrected chi connectivity index (χ0v) is 12.3. The Bertz CT molecular complexity index is 379. The zero-order chi connectivity index (χ0) is 14.3. The van der Waals surface area contributed by atoms with Crippen LogP contribution in [0, 0.1) is 5.41 Å². The lowest BCUT2D eigenvalue weighted by Crippen LogP contribution is -2.47. The molecule has 0 aromatic rings. The molecule has 0 unspecified atom stereocenters. The average molecular weight is 292 g/mol. The van der Waals surface area contributed by atoms with Gasteiger partial charge in [-0.3, -0.25) is 5.41 Å². The van der Waals surface area contributed by atoms with Gasteiger partial charge in [0, 0.05) is 39.7 Å². The molecule has 0 spiro atoms. The van der Waals surface area contributed by atoms with Crippen LogP contribution in [-0.4, -0.2) is 62.8 Å². The van der Waals surface area contributed by atoms with Gasteiger partial charge in [-0.25, -0.2) is 0 Å². The first-order valence-electron chi connectivity index (χ1n) is 6.55. The van der Waals surface area contributed by atoms with E-state index in [-0.39, 0.29) is 18.8 Å². The molecule has 0 saturated carbocycles. The SMILES string of the molecule is COCCN(CCC(=N)N)S(=O)(=O)N1CCCCC1. The van der Waals surface area contributed by atoms with Crippen LogP contribution in [0.1, 0.15) is 25.7 Å². The van der Waals surface area contributed by atoms with Crippen molar-refractivity contribution in [1.82, 2.24) is 8.61 Å². The molecule has 0 bridgehead atoms. The summed E-state index contributed by atoms with van der Waals surface area (Å²) in [6, 6.07) is 0. The first-order valence-corrected chi connectivity index (χ1v) is 7.95. The van der Waals surface area contributed by atoms with Crippen LogP contribution < -0.4 is 5.73 Å². The topological polar surface area (TPSA) is 99.7 Å². The van der Waals surface area contributed by atoms with Crippen molar-refractivity contribution >= 4 is 16.0 Å². The zero-order valence-electron chi connectivity index (χ0n) is 11.5. The van der Waals surface area contributed by atoms with Crippen LogP contribution in [0.25, 0.3) is 0 Å². The average Bonchev–Trinajstić information content (AvgIpc) is 2.39. The fourth-order valence-corrected chi connectivity index (χ4v) is 3.71. The van der Waals surface area contributed by atoms with Crippen LogP contribution in [0.3, 0.4) is 0 Å². The van der Waals surface area contributed by atoms with Gasteiger partial charge in [-0.2, -0.15) is 17.0 Å². The molecule has 1 fully saturated rings. The van der Waals surface area contributed by atoms with Crippen molar-refractivity contribution < 1.29 is 13.2 Å². The van der Waals surface area contributed by atoms with Crippen LogP contribution in [0.15, 0.2) is 0 Å². The first-order chi connectivity index (χ1) is 8.98. The highest BCUT2D eigenvalue weighted by Crippen LogP contribution is 2.16. The van der Waals surface area contributed by atoms with Gasteiger partial charge in [0.1, 0.15) is 0 Å². The number of hydrogen-bond donors (Lipinski definition) is 2. The largest absolute Gasteiger partial charge is 0.388 e. The molecule has 0 aliphatic carbocycles. The van der Waals surface area contributed by atoms with E-state index in [1.807, 2.05) is 0 Å². The van der Waals surface area contributed by atoms with Gasteiger partial charge in [-0.15, -0.1) is 0 Å². The number of nitrogens with two attached hydrogens (primary N) is 1. The van der Waals surface area contributed by atoms with Crippen LogP contribution >= 0.6 is 0 Å². The van der Waals surface area contributed by atoms with E-state index in [4.69, 9.17) is 15.9 Å². The third kappa shape index (κ3) is 5.06. The standard InChI is InChI=1S/C11H24N4O3S/c1-18-10-9-15(8-5-11(12)13)19(16,17)14-6-3-2-4-7-14/h2-10H2,1H3,(H3,12,13). The predicted octanol–water partition coefficient (Wildman–Crippen LogP) is -0.00843. The summed E-state index contributed by atoms with van der Waals surface area (Å²) in [5.41, 5.74) is 5.31. The van der Waals surface area contributed by atoms with Gasteiger partial charge < -0.3 is 10.5 Å². The third-order valence-electron chi connectivity index (χ3n) is 3.14. The summed E-state index contributed by atoms with van der Waals surface area (Å²) in [5.74, 6) is -0.00346. The Morgan fingerprint density at radius 3 is 2.47 bits per heavy atom. The number of rotatable bonds is 8. The summed E-state index contributed by atoms with van der Waals surface area (Å²) >= 11 is 0. The molecule has 1 aliphatic rings. The first kappa shape index (κ1) is 16.4. The number of ether oxygens (including phenoxy) is 1. The van der Waals surface area contributed by atoms with Crippen LogP contribution in [-0.2, 0) is 14.9 Å². The van der Waals surface area contributed by atoms with E-state index >= 15 is 0 Å². The van der Waals surface area contributed by atoms with Crippen molar-refractivity contribution in [2.45, 2.75) is 25.7 Å².